The van der Waals surface area contributed by atoms with Crippen LogP contribution in [0.5, 0.6) is 0 Å². The normalized spacial score (nSPS) is 25.3. The van der Waals surface area contributed by atoms with Crippen LogP contribution in [0.1, 0.15) is 49.1 Å². The van der Waals surface area contributed by atoms with Gasteiger partial charge >= 0.3 is 6.03 Å². The Labute approximate surface area is 186 Å². The molecule has 2 aliphatic carbocycles. The smallest absolute Gasteiger partial charge is 0.318 e. The van der Waals surface area contributed by atoms with Crippen LogP contribution in [0.3, 0.4) is 0 Å². The van der Waals surface area contributed by atoms with Gasteiger partial charge < -0.3 is 15.1 Å². The van der Waals surface area contributed by atoms with Gasteiger partial charge in [0.1, 0.15) is 5.82 Å². The van der Waals surface area contributed by atoms with Crippen molar-refractivity contribution in [2.45, 2.75) is 63.1 Å². The van der Waals surface area contributed by atoms with E-state index in [0.717, 1.165) is 56.6 Å². The van der Waals surface area contributed by atoms with Gasteiger partial charge in [0.2, 0.25) is 0 Å². The van der Waals surface area contributed by atoms with Crippen LogP contribution in [0.25, 0.3) is 0 Å². The zero-order chi connectivity index (χ0) is 21.5. The van der Waals surface area contributed by atoms with Gasteiger partial charge in [0.05, 0.1) is 6.04 Å². The monoisotopic (exact) mass is 443 g/mol. The molecule has 164 valence electrons. The lowest BCUT2D eigenvalue weighted by Crippen LogP contribution is -2.54. The Morgan fingerprint density at radius 1 is 1.29 bits per heavy atom. The lowest BCUT2D eigenvalue weighted by atomic mass is 10.0. The van der Waals surface area contributed by atoms with Gasteiger partial charge in [0.25, 0.3) is 0 Å². The second kappa shape index (κ2) is 8.26. The topological polar surface area (TPSA) is 61.4 Å². The van der Waals surface area contributed by atoms with Crippen LogP contribution in [0.2, 0.25) is 5.02 Å². The van der Waals surface area contributed by atoms with Crippen molar-refractivity contribution >= 4 is 23.4 Å². The van der Waals surface area contributed by atoms with Gasteiger partial charge in [0.15, 0.2) is 5.82 Å². The number of piperidine rings is 1. The van der Waals surface area contributed by atoms with Crippen molar-refractivity contribution in [2.75, 3.05) is 18.0 Å². The lowest BCUT2D eigenvalue weighted by Gasteiger charge is -2.40. The summed E-state index contributed by atoms with van der Waals surface area (Å²) in [4.78, 5) is 17.5. The van der Waals surface area contributed by atoms with E-state index in [4.69, 9.17) is 11.6 Å². The largest absolute Gasteiger partial charge is 0.353 e. The number of aryl methyl sites for hydroxylation is 1. The molecule has 3 fully saturated rings. The molecule has 6 nitrogen and oxygen atoms in total. The number of hydrogen-bond acceptors (Lipinski definition) is 4. The molecule has 1 N–H and O–H groups in total. The van der Waals surface area contributed by atoms with Gasteiger partial charge in [-0.3, -0.25) is 0 Å². The number of aromatic nitrogens is 2. The van der Waals surface area contributed by atoms with Gasteiger partial charge in [-0.2, -0.15) is 5.10 Å². The Morgan fingerprint density at radius 2 is 2.13 bits per heavy atom. The Bertz CT molecular complexity index is 970. The number of rotatable bonds is 5. The van der Waals surface area contributed by atoms with E-state index in [0.29, 0.717) is 16.6 Å². The van der Waals surface area contributed by atoms with Gasteiger partial charge in [-0.1, -0.05) is 17.7 Å². The minimum atomic E-state index is -0.289. The van der Waals surface area contributed by atoms with Gasteiger partial charge in [-0.05, 0) is 68.4 Å². The van der Waals surface area contributed by atoms with E-state index in [9.17, 15) is 9.18 Å². The van der Waals surface area contributed by atoms with Crippen molar-refractivity contribution in [1.29, 1.82) is 0 Å². The predicted molar refractivity (Wildman–Crippen MR) is 118 cm³/mol. The van der Waals surface area contributed by atoms with Crippen LogP contribution in [-0.4, -0.2) is 52.3 Å². The molecule has 1 aromatic heterocycles. The highest BCUT2D eigenvalue weighted by Crippen LogP contribution is 2.43. The number of urea groups is 1. The van der Waals surface area contributed by atoms with Gasteiger partial charge in [-0.25, -0.2) is 9.18 Å². The molecule has 1 saturated heterocycles. The maximum absolute atomic E-state index is 14.4. The average Bonchev–Trinajstić information content (AvgIpc) is 3.69. The quantitative estimate of drug-likeness (QED) is 0.749. The number of anilines is 1. The molecule has 31 heavy (non-hydrogen) atoms. The Morgan fingerprint density at radius 3 is 2.87 bits per heavy atom. The van der Waals surface area contributed by atoms with Crippen molar-refractivity contribution in [3.63, 3.8) is 0 Å². The molecular formula is C23H27ClFN5O. The first kappa shape index (κ1) is 20.5. The summed E-state index contributed by atoms with van der Waals surface area (Å²) in [5, 5.41) is 11.8. The summed E-state index contributed by atoms with van der Waals surface area (Å²) in [7, 11) is 0. The Kier molecular flexibility index (Phi) is 5.46. The summed E-state index contributed by atoms with van der Waals surface area (Å²) in [6.07, 6.45) is 6.53. The van der Waals surface area contributed by atoms with Crippen LogP contribution in [-0.2, 0) is 0 Å². The molecule has 5 rings (SSSR count). The summed E-state index contributed by atoms with van der Waals surface area (Å²) in [5.41, 5.74) is 1.51. The van der Waals surface area contributed by atoms with Crippen LogP contribution in [0.4, 0.5) is 15.0 Å². The van der Waals surface area contributed by atoms with Crippen molar-refractivity contribution in [3.05, 3.63) is 52.4 Å². The highest BCUT2D eigenvalue weighted by Gasteiger charge is 2.45. The van der Waals surface area contributed by atoms with E-state index in [1.807, 2.05) is 30.0 Å². The van der Waals surface area contributed by atoms with Crippen LogP contribution in [0, 0.1) is 12.7 Å². The van der Waals surface area contributed by atoms with Crippen LogP contribution in [0.15, 0.2) is 30.5 Å². The molecule has 2 heterocycles. The first-order valence-electron chi connectivity index (χ1n) is 11.1. The van der Waals surface area contributed by atoms with Gasteiger partial charge in [-0.15, -0.1) is 5.10 Å². The zero-order valence-electron chi connectivity index (χ0n) is 17.6. The van der Waals surface area contributed by atoms with Crippen molar-refractivity contribution in [3.8, 4) is 0 Å². The molecule has 0 radical (unpaired) electrons. The molecule has 2 amide bonds. The Balaban J connectivity index is 1.25. The number of halogens is 2. The molecule has 0 spiro atoms. The molecule has 0 unspecified atom stereocenters. The fraction of sp³-hybridized carbons (Fsp3) is 0.522. The van der Waals surface area contributed by atoms with E-state index in [1.165, 1.54) is 6.07 Å². The zero-order valence-corrected chi connectivity index (χ0v) is 18.4. The summed E-state index contributed by atoms with van der Waals surface area (Å²) in [6, 6.07) is 7.45. The molecule has 3 atom stereocenters. The third kappa shape index (κ3) is 4.33. The minimum Gasteiger partial charge on any atom is -0.353 e. The summed E-state index contributed by atoms with van der Waals surface area (Å²) in [6.45, 7) is 3.57. The molecular weight excluding hydrogens is 417 g/mol. The third-order valence-corrected chi connectivity index (χ3v) is 7.03. The molecule has 8 heteroatoms. The van der Waals surface area contributed by atoms with E-state index in [1.54, 1.807) is 6.20 Å². The van der Waals surface area contributed by atoms with E-state index in [2.05, 4.69) is 20.4 Å². The maximum Gasteiger partial charge on any atom is 0.318 e. The summed E-state index contributed by atoms with van der Waals surface area (Å²) >= 11 is 6.03. The number of hydrogen-bond donors (Lipinski definition) is 1. The van der Waals surface area contributed by atoms with E-state index < -0.39 is 0 Å². The first-order chi connectivity index (χ1) is 15.0. The van der Waals surface area contributed by atoms with Crippen molar-refractivity contribution in [2.24, 2.45) is 0 Å². The van der Waals surface area contributed by atoms with Crippen LogP contribution >= 0.6 is 11.6 Å². The first-order valence-corrected chi connectivity index (χ1v) is 11.5. The molecule has 1 aliphatic heterocycles. The third-order valence-electron chi connectivity index (χ3n) is 6.62. The molecule has 2 aromatic rings. The maximum atomic E-state index is 14.4. The number of amides is 2. The number of carbonyl (C=O) groups excluding carboxylic acids is 1. The SMILES string of the molecule is Cc1cc([C@H]2C[C@@H]2NC(=O)N(C2CC2)[C@@H]2CCCN(c3cccnn3)C2)c(F)cc1Cl. The van der Waals surface area contributed by atoms with Crippen LogP contribution < -0.4 is 10.2 Å². The summed E-state index contributed by atoms with van der Waals surface area (Å²) in [5.74, 6) is 0.589. The fourth-order valence-corrected chi connectivity index (χ4v) is 4.88. The second-order valence-electron chi connectivity index (χ2n) is 8.98. The Hall–Kier alpha value is -2.41. The molecule has 3 aliphatic rings. The highest BCUT2D eigenvalue weighted by atomic mass is 35.5. The molecule has 0 bridgehead atoms. The molecule has 2 saturated carbocycles. The van der Waals surface area contributed by atoms with E-state index in [-0.39, 0.29) is 29.8 Å². The minimum absolute atomic E-state index is 0.0171. The molecule has 1 aromatic carbocycles. The standard InChI is InChI=1S/C23H27ClFN5O/c1-14-10-17(20(25)12-19(14)24)18-11-21(18)27-23(31)30(15-6-7-15)16-4-3-9-29(13-16)22-5-2-8-26-28-22/h2,5,8,10,12,15-16,18,21H,3-4,6-7,9,11,13H2,1H3,(H,27,31)/t16-,18-,21+/m1/s1. The number of carbonyl (C=O) groups is 1. The number of benzene rings is 1. The second-order valence-corrected chi connectivity index (χ2v) is 9.39. The van der Waals surface area contributed by atoms with Gasteiger partial charge in [0, 0.05) is 42.3 Å². The van der Waals surface area contributed by atoms with Crippen molar-refractivity contribution in [1.82, 2.24) is 20.4 Å². The number of nitrogens with zero attached hydrogens (tertiary/aromatic N) is 4. The van der Waals surface area contributed by atoms with Crippen molar-refractivity contribution < 1.29 is 9.18 Å². The average molecular weight is 444 g/mol. The fourth-order valence-electron chi connectivity index (χ4n) is 4.73. The number of nitrogens with one attached hydrogen (secondary N) is 1. The summed E-state index contributed by atoms with van der Waals surface area (Å²) < 4.78 is 14.4. The lowest BCUT2D eigenvalue weighted by molar-refractivity contribution is 0.160. The van der Waals surface area contributed by atoms with E-state index >= 15 is 0 Å². The highest BCUT2D eigenvalue weighted by molar-refractivity contribution is 6.31. The predicted octanol–water partition coefficient (Wildman–Crippen LogP) is 4.28.